The molecule has 0 spiro atoms. The number of aliphatic imine (C=N–C) groups is 1. The van der Waals surface area contributed by atoms with Gasteiger partial charge < -0.3 is 15.4 Å². The van der Waals surface area contributed by atoms with Crippen molar-refractivity contribution in [2.24, 2.45) is 10.9 Å². The predicted octanol–water partition coefficient (Wildman–Crippen LogP) is 3.18. The minimum atomic E-state index is 0.596. The number of hydrogen-bond donors (Lipinski definition) is 2. The number of nitrogens with one attached hydrogen (secondary N) is 2. The van der Waals surface area contributed by atoms with Crippen LogP contribution in [0.15, 0.2) is 33.7 Å². The lowest BCUT2D eigenvalue weighted by Gasteiger charge is -2.12. The lowest BCUT2D eigenvalue weighted by molar-refractivity contribution is 0.108. The summed E-state index contributed by atoms with van der Waals surface area (Å²) in [5, 5.41) is 6.59. The van der Waals surface area contributed by atoms with Gasteiger partial charge in [-0.15, -0.1) is 0 Å². The van der Waals surface area contributed by atoms with Gasteiger partial charge in [-0.3, -0.25) is 4.99 Å². The van der Waals surface area contributed by atoms with E-state index in [9.17, 15) is 0 Å². The second kappa shape index (κ2) is 10.6. The number of nitrogens with zero attached hydrogens (tertiary/aromatic N) is 1. The van der Waals surface area contributed by atoms with Crippen LogP contribution in [0.4, 0.5) is 0 Å². The van der Waals surface area contributed by atoms with Crippen LogP contribution in [0.3, 0.4) is 0 Å². The molecule has 0 heterocycles. The Morgan fingerprint density at radius 3 is 2.57 bits per heavy atom. The van der Waals surface area contributed by atoms with Gasteiger partial charge in [0.25, 0.3) is 0 Å². The van der Waals surface area contributed by atoms with Gasteiger partial charge in [-0.25, -0.2) is 0 Å². The van der Waals surface area contributed by atoms with Crippen molar-refractivity contribution < 1.29 is 4.74 Å². The molecule has 0 bridgehead atoms. The van der Waals surface area contributed by atoms with Crippen LogP contribution in [0.1, 0.15) is 25.8 Å². The van der Waals surface area contributed by atoms with Gasteiger partial charge in [-0.2, -0.15) is 0 Å². The lowest BCUT2D eigenvalue weighted by atomic mass is 10.2. The maximum atomic E-state index is 5.55. The van der Waals surface area contributed by atoms with Crippen molar-refractivity contribution in [3.8, 4) is 0 Å². The van der Waals surface area contributed by atoms with Crippen LogP contribution < -0.4 is 10.6 Å². The summed E-state index contributed by atoms with van der Waals surface area (Å²) in [6.07, 6.45) is 0.978. The van der Waals surface area contributed by atoms with Crippen molar-refractivity contribution >= 4 is 21.9 Å². The lowest BCUT2D eigenvalue weighted by Crippen LogP contribution is -2.37. The van der Waals surface area contributed by atoms with E-state index in [0.717, 1.165) is 43.2 Å². The van der Waals surface area contributed by atoms with Gasteiger partial charge in [0.15, 0.2) is 5.96 Å². The highest BCUT2D eigenvalue weighted by molar-refractivity contribution is 9.10. The van der Waals surface area contributed by atoms with E-state index >= 15 is 0 Å². The topological polar surface area (TPSA) is 45.7 Å². The van der Waals surface area contributed by atoms with E-state index in [1.165, 1.54) is 5.56 Å². The zero-order valence-electron chi connectivity index (χ0n) is 13.2. The molecule has 0 aliphatic rings. The summed E-state index contributed by atoms with van der Waals surface area (Å²) in [6.45, 7) is 7.55. The van der Waals surface area contributed by atoms with Crippen molar-refractivity contribution in [2.45, 2.75) is 26.8 Å². The Bertz CT molecular complexity index is 418. The fourth-order valence-corrected chi connectivity index (χ4v) is 1.97. The molecule has 2 N–H and O–H groups in total. The van der Waals surface area contributed by atoms with Gasteiger partial charge >= 0.3 is 0 Å². The maximum absolute atomic E-state index is 5.55. The van der Waals surface area contributed by atoms with E-state index in [0.29, 0.717) is 5.92 Å². The van der Waals surface area contributed by atoms with Gasteiger partial charge in [0.2, 0.25) is 0 Å². The first-order chi connectivity index (χ1) is 10.1. The molecule has 0 fully saturated rings. The Balaban J connectivity index is 2.16. The number of halogens is 1. The number of hydrogen-bond acceptors (Lipinski definition) is 2. The quantitative estimate of drug-likeness (QED) is 0.427. The van der Waals surface area contributed by atoms with Crippen molar-refractivity contribution in [2.75, 3.05) is 26.8 Å². The molecule has 0 saturated carbocycles. The molecule has 5 heteroatoms. The molecule has 0 atom stereocenters. The fourth-order valence-electron chi connectivity index (χ4n) is 1.71. The van der Waals surface area contributed by atoms with Crippen molar-refractivity contribution in [3.63, 3.8) is 0 Å². The summed E-state index contributed by atoms with van der Waals surface area (Å²) in [6, 6.07) is 8.26. The molecule has 0 aliphatic carbocycles. The molecule has 1 rings (SSSR count). The second-order valence-electron chi connectivity index (χ2n) is 5.30. The average Bonchev–Trinajstić information content (AvgIpc) is 2.47. The van der Waals surface area contributed by atoms with E-state index in [1.54, 1.807) is 7.05 Å². The molecule has 1 aromatic rings. The minimum Gasteiger partial charge on any atom is -0.381 e. The Labute approximate surface area is 136 Å². The van der Waals surface area contributed by atoms with E-state index in [2.05, 4.69) is 57.5 Å². The Kier molecular flexibility index (Phi) is 9.10. The van der Waals surface area contributed by atoms with E-state index < -0.39 is 0 Å². The van der Waals surface area contributed by atoms with Crippen molar-refractivity contribution in [1.82, 2.24) is 10.6 Å². The molecule has 21 heavy (non-hydrogen) atoms. The van der Waals surface area contributed by atoms with Crippen molar-refractivity contribution in [3.05, 3.63) is 34.3 Å². The van der Waals surface area contributed by atoms with Gasteiger partial charge in [0.05, 0.1) is 0 Å². The van der Waals surface area contributed by atoms with Crippen LogP contribution >= 0.6 is 15.9 Å². The SMILES string of the molecule is CN=C(NCCCOCC(C)C)NCc1ccc(Br)cc1. The third-order valence-corrected chi connectivity index (χ3v) is 3.33. The monoisotopic (exact) mass is 355 g/mol. The average molecular weight is 356 g/mol. The molecule has 0 aromatic heterocycles. The number of rotatable bonds is 8. The summed E-state index contributed by atoms with van der Waals surface area (Å²) in [7, 11) is 1.78. The highest BCUT2D eigenvalue weighted by Crippen LogP contribution is 2.10. The maximum Gasteiger partial charge on any atom is 0.191 e. The first kappa shape index (κ1) is 18.0. The zero-order chi connectivity index (χ0) is 15.5. The van der Waals surface area contributed by atoms with Crippen LogP contribution in [-0.2, 0) is 11.3 Å². The Hall–Kier alpha value is -1.07. The molecule has 4 nitrogen and oxygen atoms in total. The summed E-state index contributed by atoms with van der Waals surface area (Å²) < 4.78 is 6.64. The molecular weight excluding hydrogens is 330 g/mol. The Morgan fingerprint density at radius 1 is 1.24 bits per heavy atom. The first-order valence-corrected chi connectivity index (χ1v) is 8.18. The molecule has 118 valence electrons. The fraction of sp³-hybridized carbons (Fsp3) is 0.562. The van der Waals surface area contributed by atoms with Gasteiger partial charge in [-0.1, -0.05) is 41.9 Å². The zero-order valence-corrected chi connectivity index (χ0v) is 14.7. The van der Waals surface area contributed by atoms with Crippen LogP contribution in [-0.4, -0.2) is 32.8 Å². The number of benzene rings is 1. The summed E-state index contributed by atoms with van der Waals surface area (Å²) in [5.74, 6) is 1.42. The first-order valence-electron chi connectivity index (χ1n) is 7.38. The summed E-state index contributed by atoms with van der Waals surface area (Å²) >= 11 is 3.43. The normalized spacial score (nSPS) is 11.8. The third kappa shape index (κ3) is 8.73. The molecule has 0 aliphatic heterocycles. The second-order valence-corrected chi connectivity index (χ2v) is 6.22. The smallest absolute Gasteiger partial charge is 0.191 e. The van der Waals surface area contributed by atoms with Gasteiger partial charge in [0, 0.05) is 37.8 Å². The van der Waals surface area contributed by atoms with Crippen molar-refractivity contribution in [1.29, 1.82) is 0 Å². The minimum absolute atomic E-state index is 0.596. The van der Waals surface area contributed by atoms with Crippen LogP contribution in [0, 0.1) is 5.92 Å². The molecule has 0 radical (unpaired) electrons. The third-order valence-electron chi connectivity index (χ3n) is 2.81. The number of guanidine groups is 1. The van der Waals surface area contributed by atoms with E-state index in [1.807, 2.05) is 12.1 Å². The molecular formula is C16H26BrN3O. The summed E-state index contributed by atoms with van der Waals surface area (Å²) in [4.78, 5) is 4.21. The molecule has 0 amide bonds. The molecule has 0 saturated heterocycles. The van der Waals surface area contributed by atoms with Gasteiger partial charge in [0.1, 0.15) is 0 Å². The predicted molar refractivity (Wildman–Crippen MR) is 92.6 cm³/mol. The van der Waals surface area contributed by atoms with Crippen LogP contribution in [0.25, 0.3) is 0 Å². The van der Waals surface area contributed by atoms with E-state index in [4.69, 9.17) is 4.74 Å². The van der Waals surface area contributed by atoms with E-state index in [-0.39, 0.29) is 0 Å². The van der Waals surface area contributed by atoms with Crippen LogP contribution in [0.5, 0.6) is 0 Å². The molecule has 0 unspecified atom stereocenters. The standard InChI is InChI=1S/C16H26BrN3O/c1-13(2)12-21-10-4-9-19-16(18-3)20-11-14-5-7-15(17)8-6-14/h5-8,13H,4,9-12H2,1-3H3,(H2,18,19,20). The van der Waals surface area contributed by atoms with Crippen LogP contribution in [0.2, 0.25) is 0 Å². The Morgan fingerprint density at radius 2 is 1.95 bits per heavy atom. The highest BCUT2D eigenvalue weighted by Gasteiger charge is 1.99. The largest absolute Gasteiger partial charge is 0.381 e. The summed E-state index contributed by atoms with van der Waals surface area (Å²) in [5.41, 5.74) is 1.22. The molecule has 1 aromatic carbocycles. The highest BCUT2D eigenvalue weighted by atomic mass is 79.9. The van der Waals surface area contributed by atoms with Gasteiger partial charge in [-0.05, 0) is 30.0 Å². The number of ether oxygens (including phenoxy) is 1.